The third-order valence-corrected chi connectivity index (χ3v) is 8.23. The summed E-state index contributed by atoms with van der Waals surface area (Å²) in [4.78, 5) is 40.0. The Balaban J connectivity index is 1.23. The number of benzene rings is 3. The van der Waals surface area contributed by atoms with Crippen molar-refractivity contribution in [3.63, 3.8) is 0 Å². The molecule has 0 radical (unpaired) electrons. The molecule has 15 heteroatoms. The van der Waals surface area contributed by atoms with E-state index in [1.807, 2.05) is 24.1 Å². The molecule has 0 aliphatic carbocycles. The van der Waals surface area contributed by atoms with Crippen molar-refractivity contribution in [3.05, 3.63) is 88.7 Å². The second-order valence-corrected chi connectivity index (χ2v) is 11.6. The predicted molar refractivity (Wildman–Crippen MR) is 172 cm³/mol. The number of halogens is 4. The highest BCUT2D eigenvalue weighted by atomic mass is 35.5. The number of aromatic nitrogens is 2. The Morgan fingerprint density at radius 1 is 1.02 bits per heavy atom. The predicted octanol–water partition coefficient (Wildman–Crippen LogP) is 5.88. The van der Waals surface area contributed by atoms with Crippen molar-refractivity contribution < 1.29 is 37.0 Å². The fourth-order valence-corrected chi connectivity index (χ4v) is 5.43. The van der Waals surface area contributed by atoms with Gasteiger partial charge in [0, 0.05) is 43.1 Å². The van der Waals surface area contributed by atoms with Crippen LogP contribution >= 0.6 is 11.6 Å². The molecule has 3 heterocycles. The number of ether oxygens (including phenoxy) is 3. The molecule has 2 aliphatic rings. The number of fused-ring (bicyclic) bond motifs is 1. The number of rotatable bonds is 8. The molecule has 0 atom stereocenters. The van der Waals surface area contributed by atoms with Gasteiger partial charge in [-0.25, -0.2) is 4.98 Å². The molecule has 3 aromatic carbocycles. The monoisotopic (exact) mass is 682 g/mol. The lowest BCUT2D eigenvalue weighted by Gasteiger charge is -2.34. The third-order valence-electron chi connectivity index (χ3n) is 7.92. The topological polar surface area (TPSA) is 109 Å². The summed E-state index contributed by atoms with van der Waals surface area (Å²) in [7, 11) is 3.51. The lowest BCUT2D eigenvalue weighted by molar-refractivity contribution is -0.137. The van der Waals surface area contributed by atoms with Gasteiger partial charge in [0.25, 0.3) is 17.7 Å². The Kier molecular flexibility index (Phi) is 9.29. The summed E-state index contributed by atoms with van der Waals surface area (Å²) in [6, 6.07) is 14.9. The molecular weight excluding hydrogens is 653 g/mol. The number of alkyl halides is 3. The van der Waals surface area contributed by atoms with Crippen LogP contribution in [-0.4, -0.2) is 73.6 Å². The van der Waals surface area contributed by atoms with Gasteiger partial charge in [-0.15, -0.1) is 0 Å². The number of anilines is 3. The van der Waals surface area contributed by atoms with Crippen LogP contribution in [0.25, 0.3) is 0 Å². The average molecular weight is 683 g/mol. The highest BCUT2D eigenvalue weighted by molar-refractivity contribution is 6.32. The number of methoxy groups -OCH3 is 1. The van der Waals surface area contributed by atoms with E-state index in [0.717, 1.165) is 17.7 Å². The van der Waals surface area contributed by atoms with Gasteiger partial charge in [-0.05, 0) is 61.1 Å². The van der Waals surface area contributed by atoms with E-state index < -0.39 is 17.6 Å². The van der Waals surface area contributed by atoms with E-state index in [2.05, 4.69) is 20.2 Å². The van der Waals surface area contributed by atoms with Crippen molar-refractivity contribution in [1.82, 2.24) is 14.9 Å². The number of hydrogen-bond donors (Lipinski definition) is 1. The summed E-state index contributed by atoms with van der Waals surface area (Å²) in [5.74, 6) is -0.100. The number of nitrogens with one attached hydrogen (secondary N) is 1. The lowest BCUT2D eigenvalue weighted by Crippen LogP contribution is -2.44. The zero-order chi connectivity index (χ0) is 34.0. The van der Waals surface area contributed by atoms with E-state index >= 15 is 0 Å². The molecule has 0 unspecified atom stereocenters. The molecule has 2 amide bonds. The highest BCUT2D eigenvalue weighted by Crippen LogP contribution is 2.41. The molecule has 11 nitrogen and oxygen atoms in total. The second kappa shape index (κ2) is 13.6. The van der Waals surface area contributed by atoms with Gasteiger partial charge in [0.2, 0.25) is 5.75 Å². The highest BCUT2D eigenvalue weighted by Gasteiger charge is 2.33. The van der Waals surface area contributed by atoms with E-state index in [4.69, 9.17) is 25.8 Å². The number of carbonyl (C=O) groups is 2. The van der Waals surface area contributed by atoms with Crippen LogP contribution in [0.15, 0.2) is 67.0 Å². The first-order valence-electron chi connectivity index (χ1n) is 14.8. The quantitative estimate of drug-likeness (QED) is 0.244. The van der Waals surface area contributed by atoms with Gasteiger partial charge >= 0.3 is 6.18 Å². The molecule has 2 aliphatic heterocycles. The summed E-state index contributed by atoms with van der Waals surface area (Å²) in [6.45, 7) is 2.39. The number of piperazine rings is 1. The van der Waals surface area contributed by atoms with Gasteiger partial charge in [-0.3, -0.25) is 14.5 Å². The standard InChI is InChI=1S/C33H30ClF3N6O5/c1-41-9-11-42(12-10-41)24-15-22(33(35,36)37)14-23(16-24)40-31(45)21-5-8-26(34)27(13-21)48-32-29-30(38-19-39-32)43(28(44)18-47-29)17-20-3-6-25(46-2)7-4-20/h3-8,13-16,19H,9-12,17-18H2,1-2H3,(H,40,45). The van der Waals surface area contributed by atoms with Gasteiger partial charge in [-0.1, -0.05) is 23.7 Å². The molecule has 4 aromatic rings. The van der Waals surface area contributed by atoms with Crippen LogP contribution < -0.4 is 29.3 Å². The fourth-order valence-electron chi connectivity index (χ4n) is 5.27. The third kappa shape index (κ3) is 7.24. The molecule has 1 N–H and O–H groups in total. The Hall–Kier alpha value is -5.08. The zero-order valence-corrected chi connectivity index (χ0v) is 26.6. The average Bonchev–Trinajstić information content (AvgIpc) is 3.07. The van der Waals surface area contributed by atoms with Crippen LogP contribution in [0.2, 0.25) is 5.02 Å². The summed E-state index contributed by atoms with van der Waals surface area (Å²) in [5, 5.41) is 2.71. The largest absolute Gasteiger partial charge is 0.497 e. The van der Waals surface area contributed by atoms with E-state index in [9.17, 15) is 22.8 Å². The summed E-state index contributed by atoms with van der Waals surface area (Å²) in [6.07, 6.45) is -3.41. The molecule has 6 rings (SSSR count). The smallest absolute Gasteiger partial charge is 0.416 e. The van der Waals surface area contributed by atoms with Crippen LogP contribution in [0.1, 0.15) is 21.5 Å². The summed E-state index contributed by atoms with van der Waals surface area (Å²) >= 11 is 6.42. The minimum absolute atomic E-state index is 0.0129. The zero-order valence-electron chi connectivity index (χ0n) is 25.9. The lowest BCUT2D eigenvalue weighted by atomic mass is 10.1. The van der Waals surface area contributed by atoms with Gasteiger partial charge in [0.15, 0.2) is 12.4 Å². The Labute approximate surface area is 278 Å². The minimum atomic E-state index is -4.61. The molecule has 48 heavy (non-hydrogen) atoms. The molecule has 250 valence electrons. The van der Waals surface area contributed by atoms with Crippen LogP contribution in [-0.2, 0) is 17.5 Å². The van der Waals surface area contributed by atoms with Crippen molar-refractivity contribution >= 4 is 40.6 Å². The SMILES string of the molecule is COc1ccc(CN2C(=O)COc3c(Oc4cc(C(=O)Nc5cc(N6CCN(C)CC6)cc(C(F)(F)F)c5)ccc4Cl)ncnc32)cc1. The van der Waals surface area contributed by atoms with Crippen molar-refractivity contribution in [2.45, 2.75) is 12.7 Å². The Morgan fingerprint density at radius 3 is 2.48 bits per heavy atom. The summed E-state index contributed by atoms with van der Waals surface area (Å²) < 4.78 is 58.3. The molecule has 0 bridgehead atoms. The van der Waals surface area contributed by atoms with Crippen LogP contribution in [0, 0.1) is 0 Å². The van der Waals surface area contributed by atoms with E-state index in [0.29, 0.717) is 37.6 Å². The molecule has 0 saturated carbocycles. The number of likely N-dealkylation sites (N-methyl/N-ethyl adjacent to an activating group) is 1. The van der Waals surface area contributed by atoms with Crippen LogP contribution in [0.5, 0.6) is 23.1 Å². The number of amides is 2. The van der Waals surface area contributed by atoms with E-state index in [-0.39, 0.29) is 58.5 Å². The second-order valence-electron chi connectivity index (χ2n) is 11.2. The van der Waals surface area contributed by atoms with Crippen molar-refractivity contribution in [3.8, 4) is 23.1 Å². The van der Waals surface area contributed by atoms with Gasteiger partial charge in [0.05, 0.1) is 24.2 Å². The normalized spacial score (nSPS) is 15.1. The van der Waals surface area contributed by atoms with Gasteiger partial charge in [0.1, 0.15) is 17.8 Å². The first-order valence-corrected chi connectivity index (χ1v) is 15.2. The molecule has 0 spiro atoms. The first kappa shape index (κ1) is 32.8. The van der Waals surface area contributed by atoms with Crippen molar-refractivity contribution in [2.24, 2.45) is 0 Å². The molecular formula is C33H30ClF3N6O5. The first-order chi connectivity index (χ1) is 23.0. The van der Waals surface area contributed by atoms with Gasteiger partial charge in [-0.2, -0.15) is 18.2 Å². The van der Waals surface area contributed by atoms with Crippen LogP contribution in [0.3, 0.4) is 0 Å². The van der Waals surface area contributed by atoms with E-state index in [1.54, 1.807) is 19.2 Å². The van der Waals surface area contributed by atoms with Crippen molar-refractivity contribution in [1.29, 1.82) is 0 Å². The maximum atomic E-state index is 13.8. The minimum Gasteiger partial charge on any atom is -0.497 e. The molecule has 1 saturated heterocycles. The molecule has 1 fully saturated rings. The maximum absolute atomic E-state index is 13.8. The summed E-state index contributed by atoms with van der Waals surface area (Å²) in [5.41, 5.74) is 0.356. The fraction of sp³-hybridized carbons (Fsp3) is 0.273. The van der Waals surface area contributed by atoms with E-state index in [1.165, 1.54) is 35.5 Å². The number of carbonyl (C=O) groups excluding carboxylic acids is 2. The number of hydrogen-bond acceptors (Lipinski definition) is 9. The maximum Gasteiger partial charge on any atom is 0.416 e. The van der Waals surface area contributed by atoms with Crippen molar-refractivity contribution in [2.75, 3.05) is 62.1 Å². The number of nitrogens with zero attached hydrogens (tertiary/aromatic N) is 5. The van der Waals surface area contributed by atoms with Gasteiger partial charge < -0.3 is 29.3 Å². The molecule has 1 aromatic heterocycles. The van der Waals surface area contributed by atoms with Crippen LogP contribution in [0.4, 0.5) is 30.4 Å². The Morgan fingerprint density at radius 2 is 1.77 bits per heavy atom. The Bertz CT molecular complexity index is 1830.